The van der Waals surface area contributed by atoms with E-state index in [1.807, 2.05) is 11.9 Å². The van der Waals surface area contributed by atoms with Crippen molar-refractivity contribution in [1.82, 2.24) is 14.9 Å². The Bertz CT molecular complexity index is 165. The number of hydrogen-bond acceptors (Lipinski definition) is 4. The molecule has 0 aliphatic carbocycles. The Labute approximate surface area is 94.8 Å². The van der Waals surface area contributed by atoms with Gasteiger partial charge in [-0.2, -0.15) is 0 Å². The van der Waals surface area contributed by atoms with E-state index in [-0.39, 0.29) is 0 Å². The number of alkyl halides is 2. The topological polar surface area (TPSA) is 27.3 Å². The minimum absolute atomic E-state index is 0.410. The van der Waals surface area contributed by atoms with Gasteiger partial charge in [0.2, 0.25) is 0 Å². The average Bonchev–Trinajstić information content (AvgIpc) is 2.19. The van der Waals surface area contributed by atoms with Crippen molar-refractivity contribution in [3.05, 3.63) is 0 Å². The zero-order valence-corrected chi connectivity index (χ0v) is 10.9. The molecule has 13 heavy (non-hydrogen) atoms. The number of rotatable bonds is 2. The van der Waals surface area contributed by atoms with Crippen LogP contribution < -0.4 is 31.2 Å². The van der Waals surface area contributed by atoms with Gasteiger partial charge < -0.3 is 0 Å². The molecule has 78 valence electrons. The molecular formula is C8H17IN3S-. The van der Waals surface area contributed by atoms with E-state index in [2.05, 4.69) is 19.9 Å². The monoisotopic (exact) mass is 314 g/mol. The van der Waals surface area contributed by atoms with E-state index in [1.165, 1.54) is 29.8 Å². The van der Waals surface area contributed by atoms with Gasteiger partial charge in [0.25, 0.3) is 0 Å². The van der Waals surface area contributed by atoms with Crippen molar-refractivity contribution in [3.63, 3.8) is 0 Å². The molecule has 0 saturated carbocycles. The first-order chi connectivity index (χ1) is 6.42. The first-order valence-corrected chi connectivity index (χ1v) is 9.37. The Kier molecular flexibility index (Phi) is 4.16. The summed E-state index contributed by atoms with van der Waals surface area (Å²) >= 11 is 2.30. The van der Waals surface area contributed by atoms with E-state index in [0.717, 1.165) is 0 Å². The van der Waals surface area contributed by atoms with Crippen LogP contribution in [0.15, 0.2) is 0 Å². The van der Waals surface area contributed by atoms with Crippen LogP contribution in [0.2, 0.25) is 0 Å². The third-order valence-electron chi connectivity index (χ3n) is 2.59. The van der Waals surface area contributed by atoms with Gasteiger partial charge in [-0.15, -0.1) is 0 Å². The molecule has 3 nitrogen and oxygen atoms in total. The Morgan fingerprint density at radius 2 is 2.46 bits per heavy atom. The first kappa shape index (κ1) is 10.5. The summed E-state index contributed by atoms with van der Waals surface area (Å²) in [6.07, 6.45) is 0.604. The van der Waals surface area contributed by atoms with Gasteiger partial charge in [0, 0.05) is 0 Å². The Morgan fingerprint density at radius 1 is 1.54 bits per heavy atom. The fourth-order valence-electron chi connectivity index (χ4n) is 1.92. The van der Waals surface area contributed by atoms with E-state index >= 15 is 0 Å². The molecule has 2 heterocycles. The van der Waals surface area contributed by atoms with Crippen molar-refractivity contribution in [3.8, 4) is 0 Å². The number of hydrogen-bond donors (Lipinski definition) is 2. The second-order valence-electron chi connectivity index (χ2n) is 3.43. The van der Waals surface area contributed by atoms with Crippen molar-refractivity contribution in [2.24, 2.45) is 0 Å². The molecular weight excluding hydrogens is 297 g/mol. The number of nitrogens with zero attached hydrogens (tertiary/aromatic N) is 1. The van der Waals surface area contributed by atoms with Crippen LogP contribution in [0.5, 0.6) is 0 Å². The summed E-state index contributed by atoms with van der Waals surface area (Å²) in [6, 6.07) is 0.708. The van der Waals surface area contributed by atoms with E-state index < -0.39 is 0 Å². The standard InChI is InChI=1S/C8H17IN3S/c1-9-6-7-8-11-13-5-4-12(8)3-2-10-7/h7-8,10-11H,2-6H2,1H3/q-1/t7-,8-/m1/s1. The molecule has 0 aromatic rings. The summed E-state index contributed by atoms with van der Waals surface area (Å²) in [6.45, 7) is 3.66. The molecule has 2 N–H and O–H groups in total. The molecule has 0 bridgehead atoms. The van der Waals surface area contributed by atoms with Crippen LogP contribution in [-0.2, 0) is 0 Å². The molecule has 2 atom stereocenters. The maximum atomic E-state index is 3.63. The van der Waals surface area contributed by atoms with Gasteiger partial charge in [-0.05, 0) is 0 Å². The van der Waals surface area contributed by atoms with Gasteiger partial charge in [0.05, 0.1) is 0 Å². The number of fused-ring (bicyclic) bond motifs is 1. The Balaban J connectivity index is 1.94. The predicted octanol–water partition coefficient (Wildman–Crippen LogP) is -3.44. The average molecular weight is 314 g/mol. The molecule has 2 saturated heterocycles. The molecule has 5 heteroatoms. The van der Waals surface area contributed by atoms with Gasteiger partial charge in [0.15, 0.2) is 0 Å². The van der Waals surface area contributed by atoms with Crippen LogP contribution in [-0.4, -0.2) is 51.9 Å². The van der Waals surface area contributed by atoms with Crippen molar-refractivity contribution < 1.29 is 21.2 Å². The van der Waals surface area contributed by atoms with Crippen LogP contribution in [0, 0.1) is 0 Å². The Hall–Kier alpha value is 0.960. The van der Waals surface area contributed by atoms with E-state index in [4.69, 9.17) is 0 Å². The summed E-state index contributed by atoms with van der Waals surface area (Å²) < 4.78 is 4.95. The van der Waals surface area contributed by atoms with E-state index in [9.17, 15) is 0 Å². The molecule has 2 rings (SSSR count). The van der Waals surface area contributed by atoms with Crippen LogP contribution in [0.25, 0.3) is 0 Å². The zero-order chi connectivity index (χ0) is 9.10. The van der Waals surface area contributed by atoms with Crippen LogP contribution in [0.1, 0.15) is 0 Å². The summed E-state index contributed by atoms with van der Waals surface area (Å²) in [5, 5.41) is 3.63. The molecule has 0 spiro atoms. The molecule has 0 amide bonds. The third-order valence-corrected chi connectivity index (χ3v) is 5.21. The van der Waals surface area contributed by atoms with Crippen LogP contribution >= 0.6 is 11.9 Å². The quantitative estimate of drug-likeness (QED) is 0.315. The SMILES string of the molecule is C[I-]C[C@H]1NCCN2CCSN[C@@H]12. The van der Waals surface area contributed by atoms with Gasteiger partial charge in [-0.1, -0.05) is 0 Å². The second-order valence-corrected chi connectivity index (χ2v) is 6.77. The van der Waals surface area contributed by atoms with Crippen molar-refractivity contribution in [1.29, 1.82) is 0 Å². The zero-order valence-electron chi connectivity index (χ0n) is 7.92. The van der Waals surface area contributed by atoms with Crippen LogP contribution in [0.3, 0.4) is 0 Å². The van der Waals surface area contributed by atoms with E-state index in [1.54, 1.807) is 0 Å². The first-order valence-electron chi connectivity index (χ1n) is 4.70. The van der Waals surface area contributed by atoms with Gasteiger partial charge in [0.1, 0.15) is 0 Å². The molecule has 2 aliphatic rings. The molecule has 2 aliphatic heterocycles. The fraction of sp³-hybridized carbons (Fsp3) is 1.00. The number of nitrogens with one attached hydrogen (secondary N) is 2. The number of halogens is 1. The second kappa shape index (κ2) is 5.16. The van der Waals surface area contributed by atoms with Crippen LogP contribution in [0.4, 0.5) is 0 Å². The van der Waals surface area contributed by atoms with Gasteiger partial charge in [-0.25, -0.2) is 0 Å². The number of piperazine rings is 1. The minimum atomic E-state index is 0.410. The summed E-state index contributed by atoms with van der Waals surface area (Å²) in [4.78, 5) is 4.96. The fourth-order valence-corrected chi connectivity index (χ4v) is 4.59. The summed E-state index contributed by atoms with van der Waals surface area (Å²) in [7, 11) is 0. The summed E-state index contributed by atoms with van der Waals surface area (Å²) in [5.41, 5.74) is 0. The molecule has 0 aromatic carbocycles. The molecule has 0 unspecified atom stereocenters. The van der Waals surface area contributed by atoms with Gasteiger partial charge >= 0.3 is 95.0 Å². The predicted molar refractivity (Wildman–Crippen MR) is 53.5 cm³/mol. The third kappa shape index (κ3) is 2.50. The Morgan fingerprint density at radius 3 is 3.31 bits per heavy atom. The maximum absolute atomic E-state index is 3.63. The molecule has 2 fully saturated rings. The molecule has 0 aromatic heterocycles. The van der Waals surface area contributed by atoms with Crippen molar-refractivity contribution >= 4 is 11.9 Å². The van der Waals surface area contributed by atoms with Gasteiger partial charge in [-0.3, -0.25) is 0 Å². The normalized spacial score (nSPS) is 36.1. The summed E-state index contributed by atoms with van der Waals surface area (Å²) in [5.74, 6) is 1.24. The van der Waals surface area contributed by atoms with E-state index in [0.29, 0.717) is 33.4 Å². The molecule has 0 radical (unpaired) electrons. The van der Waals surface area contributed by atoms with Crippen molar-refractivity contribution in [2.75, 3.05) is 34.7 Å². The van der Waals surface area contributed by atoms with Crippen molar-refractivity contribution in [2.45, 2.75) is 12.2 Å².